The maximum atomic E-state index is 14.1. The van der Waals surface area contributed by atoms with Crippen molar-refractivity contribution in [3.05, 3.63) is 82.1 Å². The van der Waals surface area contributed by atoms with Gasteiger partial charge < -0.3 is 23.8 Å². The number of rotatable bonds is 10. The van der Waals surface area contributed by atoms with E-state index in [1.165, 1.54) is 12.0 Å². The third-order valence-electron chi connectivity index (χ3n) is 8.17. The number of hydrogen-bond donors (Lipinski definition) is 0. The zero-order valence-corrected chi connectivity index (χ0v) is 24.9. The van der Waals surface area contributed by atoms with Crippen LogP contribution >= 0.6 is 15.9 Å². The van der Waals surface area contributed by atoms with Gasteiger partial charge in [0.25, 0.3) is 5.91 Å². The van der Waals surface area contributed by atoms with Crippen molar-refractivity contribution in [2.24, 2.45) is 0 Å². The molecule has 0 spiro atoms. The van der Waals surface area contributed by atoms with Gasteiger partial charge in [0.1, 0.15) is 6.54 Å². The molecule has 1 unspecified atom stereocenters. The van der Waals surface area contributed by atoms with Gasteiger partial charge in [-0.25, -0.2) is 0 Å². The number of amides is 2. The fourth-order valence-electron chi connectivity index (χ4n) is 5.60. The number of aromatic nitrogens is 1. The topological polar surface area (TPSA) is 64.0 Å². The molecule has 1 fully saturated rings. The molecule has 0 N–H and O–H groups in total. The first-order chi connectivity index (χ1) is 19.4. The van der Waals surface area contributed by atoms with Crippen LogP contribution in [0.2, 0.25) is 0 Å². The summed E-state index contributed by atoms with van der Waals surface area (Å²) in [6.07, 6.45) is 8.29. The average Bonchev–Trinajstić information content (AvgIpc) is 3.64. The molecular formula is C32H38BrN3O4. The summed E-state index contributed by atoms with van der Waals surface area (Å²) >= 11 is 3.51. The van der Waals surface area contributed by atoms with Crippen molar-refractivity contribution in [2.45, 2.75) is 77.5 Å². The van der Waals surface area contributed by atoms with E-state index in [1.54, 1.807) is 23.1 Å². The maximum absolute atomic E-state index is 14.1. The van der Waals surface area contributed by atoms with E-state index in [9.17, 15) is 9.59 Å². The molecule has 1 aliphatic carbocycles. The number of carbonyl (C=O) groups is 2. The molecule has 0 bridgehead atoms. The molecule has 2 amide bonds. The van der Waals surface area contributed by atoms with Gasteiger partial charge in [-0.05, 0) is 74.2 Å². The Kier molecular flexibility index (Phi) is 9.15. The van der Waals surface area contributed by atoms with Gasteiger partial charge in [0, 0.05) is 40.6 Å². The maximum Gasteiger partial charge on any atom is 0.254 e. The minimum absolute atomic E-state index is 0.00214. The third kappa shape index (κ3) is 6.54. The third-order valence-corrected chi connectivity index (χ3v) is 8.70. The Morgan fingerprint density at radius 3 is 2.52 bits per heavy atom. The predicted octanol–water partition coefficient (Wildman–Crippen LogP) is 6.63. The second-order valence-corrected chi connectivity index (χ2v) is 11.7. The van der Waals surface area contributed by atoms with Crippen LogP contribution in [0.5, 0.6) is 11.5 Å². The van der Waals surface area contributed by atoms with E-state index in [0.29, 0.717) is 23.6 Å². The molecule has 2 aromatic carbocycles. The molecular weight excluding hydrogens is 570 g/mol. The van der Waals surface area contributed by atoms with E-state index in [0.717, 1.165) is 48.8 Å². The Morgan fingerprint density at radius 1 is 1.02 bits per heavy atom. The van der Waals surface area contributed by atoms with E-state index < -0.39 is 0 Å². The number of benzene rings is 2. The fourth-order valence-corrected chi connectivity index (χ4v) is 5.87. The lowest BCUT2D eigenvalue weighted by atomic mass is 9.94. The monoisotopic (exact) mass is 607 g/mol. The van der Waals surface area contributed by atoms with E-state index in [-0.39, 0.29) is 37.2 Å². The predicted molar refractivity (Wildman–Crippen MR) is 158 cm³/mol. The summed E-state index contributed by atoms with van der Waals surface area (Å²) in [5.41, 5.74) is 2.80. The molecule has 3 aromatic rings. The Hall–Kier alpha value is -3.26. The van der Waals surface area contributed by atoms with Crippen LogP contribution < -0.4 is 9.47 Å². The normalized spacial score (nSPS) is 15.6. The van der Waals surface area contributed by atoms with Crippen LogP contribution in [0.15, 0.2) is 65.3 Å². The first-order valence-electron chi connectivity index (χ1n) is 14.3. The molecule has 5 rings (SSSR count). The quantitative estimate of drug-likeness (QED) is 0.259. The van der Waals surface area contributed by atoms with Crippen LogP contribution in [0.25, 0.3) is 0 Å². The highest BCUT2D eigenvalue weighted by Crippen LogP contribution is 2.33. The molecule has 2 aliphatic rings. The molecule has 212 valence electrons. The lowest BCUT2D eigenvalue weighted by Gasteiger charge is -2.37. The number of nitrogens with zero attached hydrogens (tertiary/aromatic N) is 3. The van der Waals surface area contributed by atoms with Gasteiger partial charge in [0.15, 0.2) is 11.5 Å². The van der Waals surface area contributed by atoms with Gasteiger partial charge in [-0.15, -0.1) is 0 Å². The summed E-state index contributed by atoms with van der Waals surface area (Å²) < 4.78 is 14.2. The van der Waals surface area contributed by atoms with Gasteiger partial charge >= 0.3 is 0 Å². The van der Waals surface area contributed by atoms with Crippen molar-refractivity contribution < 1.29 is 19.1 Å². The number of halogens is 1. The Morgan fingerprint density at radius 2 is 1.77 bits per heavy atom. The Balaban J connectivity index is 1.37. The van der Waals surface area contributed by atoms with Crippen LogP contribution in [0, 0.1) is 0 Å². The molecule has 2 heterocycles. The van der Waals surface area contributed by atoms with Crippen LogP contribution in [0.4, 0.5) is 0 Å². The van der Waals surface area contributed by atoms with Crippen LogP contribution in [-0.2, 0) is 17.9 Å². The zero-order valence-electron chi connectivity index (χ0n) is 23.4. The second-order valence-electron chi connectivity index (χ2n) is 10.8. The minimum Gasteiger partial charge on any atom is -0.454 e. The molecule has 8 heteroatoms. The second kappa shape index (κ2) is 12.9. The summed E-state index contributed by atoms with van der Waals surface area (Å²) in [6.45, 7) is 5.52. The summed E-state index contributed by atoms with van der Waals surface area (Å²) in [5, 5.41) is 0. The molecule has 1 aliphatic heterocycles. The highest BCUT2D eigenvalue weighted by Gasteiger charge is 2.31. The van der Waals surface area contributed by atoms with Gasteiger partial charge in [-0.3, -0.25) is 9.59 Å². The number of hydrogen-bond acceptors (Lipinski definition) is 4. The van der Waals surface area contributed by atoms with Crippen molar-refractivity contribution >= 4 is 27.7 Å². The SMILES string of the molecule is CCC(C)N(CC(=O)N(Cc1cccn1Cc1ccc(Br)cc1)C1CCCCC1)C(=O)c1ccc2c(c1)OCO2. The standard InChI is InChI=1S/C32H38BrN3O4/c1-3-23(2)35(32(38)25-13-16-29-30(18-25)40-22-39-29)21-31(37)36(27-8-5-4-6-9-27)20-28-10-7-17-34(28)19-24-11-14-26(33)15-12-24/h7,10-18,23,27H,3-6,8-9,19-22H2,1-2H3. The largest absolute Gasteiger partial charge is 0.454 e. The Bertz CT molecular complexity index is 1320. The molecule has 7 nitrogen and oxygen atoms in total. The van der Waals surface area contributed by atoms with Crippen molar-refractivity contribution in [1.29, 1.82) is 0 Å². The molecule has 1 atom stereocenters. The van der Waals surface area contributed by atoms with Crippen LogP contribution in [0.3, 0.4) is 0 Å². The number of carbonyl (C=O) groups excluding carboxylic acids is 2. The summed E-state index contributed by atoms with van der Waals surface area (Å²) in [7, 11) is 0. The minimum atomic E-state index is -0.164. The molecule has 1 aromatic heterocycles. The highest BCUT2D eigenvalue weighted by atomic mass is 79.9. The molecule has 40 heavy (non-hydrogen) atoms. The summed E-state index contributed by atoms with van der Waals surface area (Å²) in [4.78, 5) is 31.6. The van der Waals surface area contributed by atoms with Crippen LogP contribution in [0.1, 0.15) is 74.0 Å². The fraction of sp³-hybridized carbons (Fsp3) is 0.438. The van der Waals surface area contributed by atoms with E-state index >= 15 is 0 Å². The van der Waals surface area contributed by atoms with Gasteiger partial charge in [-0.2, -0.15) is 0 Å². The van der Waals surface area contributed by atoms with E-state index in [2.05, 4.69) is 57.0 Å². The Labute approximate surface area is 245 Å². The lowest BCUT2D eigenvalue weighted by Crippen LogP contribution is -2.49. The van der Waals surface area contributed by atoms with Gasteiger partial charge in [0.05, 0.1) is 6.54 Å². The summed E-state index contributed by atoms with van der Waals surface area (Å²) in [6, 6.07) is 17.8. The van der Waals surface area contributed by atoms with Crippen molar-refractivity contribution in [3.8, 4) is 11.5 Å². The van der Waals surface area contributed by atoms with Gasteiger partial charge in [-0.1, -0.05) is 54.2 Å². The number of fused-ring (bicyclic) bond motifs is 1. The van der Waals surface area contributed by atoms with Gasteiger partial charge in [0.2, 0.25) is 12.7 Å². The van der Waals surface area contributed by atoms with E-state index in [1.807, 2.05) is 24.8 Å². The van der Waals surface area contributed by atoms with Crippen molar-refractivity contribution in [1.82, 2.24) is 14.4 Å². The average molecular weight is 609 g/mol. The molecule has 1 saturated carbocycles. The van der Waals surface area contributed by atoms with Crippen LogP contribution in [-0.4, -0.2) is 51.6 Å². The zero-order chi connectivity index (χ0) is 28.1. The smallest absolute Gasteiger partial charge is 0.254 e. The highest BCUT2D eigenvalue weighted by molar-refractivity contribution is 9.10. The first kappa shape index (κ1) is 28.3. The summed E-state index contributed by atoms with van der Waals surface area (Å²) in [5.74, 6) is 1.04. The lowest BCUT2D eigenvalue weighted by molar-refractivity contribution is -0.136. The first-order valence-corrected chi connectivity index (χ1v) is 15.1. The van der Waals surface area contributed by atoms with Crippen molar-refractivity contribution in [3.63, 3.8) is 0 Å². The van der Waals surface area contributed by atoms with Crippen molar-refractivity contribution in [2.75, 3.05) is 13.3 Å². The van der Waals surface area contributed by atoms with E-state index in [4.69, 9.17) is 9.47 Å². The molecule has 0 radical (unpaired) electrons. The number of ether oxygens (including phenoxy) is 2. The molecule has 0 saturated heterocycles.